The predicted molar refractivity (Wildman–Crippen MR) is 77.2 cm³/mol. The Morgan fingerprint density at radius 1 is 1.44 bits per heavy atom. The Labute approximate surface area is 115 Å². The Kier molecular flexibility index (Phi) is 7.51. The quantitative estimate of drug-likeness (QED) is 0.782. The zero-order chi connectivity index (χ0) is 13.4. The average molecular weight is 274 g/mol. The molecule has 1 saturated carbocycles. The molecule has 18 heavy (non-hydrogen) atoms. The van der Waals surface area contributed by atoms with Crippen molar-refractivity contribution < 1.29 is 9.53 Å². The van der Waals surface area contributed by atoms with Crippen LogP contribution in [0.3, 0.4) is 0 Å². The highest BCUT2D eigenvalue weighted by Gasteiger charge is 2.26. The Morgan fingerprint density at radius 2 is 2.17 bits per heavy atom. The summed E-state index contributed by atoms with van der Waals surface area (Å²) in [6, 6.07) is 0.330. The molecule has 106 valence electrons. The molecule has 0 bridgehead atoms. The van der Waals surface area contributed by atoms with E-state index in [1.807, 2.05) is 6.92 Å². The van der Waals surface area contributed by atoms with Crippen molar-refractivity contribution in [1.82, 2.24) is 10.6 Å². The number of nitrogens with one attached hydrogen (secondary N) is 2. The topological polar surface area (TPSA) is 50.4 Å². The molecule has 1 fully saturated rings. The number of rotatable bonds is 6. The molecule has 0 heterocycles. The maximum atomic E-state index is 11.9. The lowest BCUT2D eigenvalue weighted by atomic mass is 9.92. The molecule has 0 aromatic carbocycles. The van der Waals surface area contributed by atoms with Crippen LogP contribution in [0.15, 0.2) is 0 Å². The molecule has 0 spiro atoms. The van der Waals surface area contributed by atoms with Crippen LogP contribution in [-0.4, -0.2) is 43.3 Å². The van der Waals surface area contributed by atoms with E-state index in [9.17, 15) is 4.79 Å². The first kappa shape index (κ1) is 15.6. The van der Waals surface area contributed by atoms with Gasteiger partial charge in [-0.25, -0.2) is 4.79 Å². The fraction of sp³-hybridized carbons (Fsp3) is 0.923. The summed E-state index contributed by atoms with van der Waals surface area (Å²) >= 11 is 1.81. The zero-order valence-electron chi connectivity index (χ0n) is 11.7. The summed E-state index contributed by atoms with van der Waals surface area (Å²) in [6.07, 6.45) is 7.69. The third kappa shape index (κ3) is 5.48. The van der Waals surface area contributed by atoms with Gasteiger partial charge in [0.1, 0.15) is 0 Å². The van der Waals surface area contributed by atoms with Crippen LogP contribution >= 0.6 is 11.8 Å². The molecule has 0 radical (unpaired) electrons. The maximum Gasteiger partial charge on any atom is 0.315 e. The van der Waals surface area contributed by atoms with Crippen molar-refractivity contribution in [3.63, 3.8) is 0 Å². The van der Waals surface area contributed by atoms with E-state index in [1.165, 1.54) is 12.8 Å². The zero-order valence-corrected chi connectivity index (χ0v) is 12.5. The second kappa shape index (κ2) is 8.64. The molecular formula is C13H26N2O2S. The molecule has 2 amide bonds. The van der Waals surface area contributed by atoms with Gasteiger partial charge < -0.3 is 15.4 Å². The number of hydrogen-bond donors (Lipinski definition) is 2. The van der Waals surface area contributed by atoms with Gasteiger partial charge in [0.25, 0.3) is 0 Å². The summed E-state index contributed by atoms with van der Waals surface area (Å²) in [6.45, 7) is 2.05. The molecule has 1 aliphatic carbocycles. The summed E-state index contributed by atoms with van der Waals surface area (Å²) in [4.78, 5) is 11.9. The summed E-state index contributed by atoms with van der Waals surface area (Å²) in [5, 5.41) is 6.03. The van der Waals surface area contributed by atoms with E-state index in [2.05, 4.69) is 16.9 Å². The van der Waals surface area contributed by atoms with Crippen LogP contribution in [0.5, 0.6) is 0 Å². The van der Waals surface area contributed by atoms with E-state index in [0.29, 0.717) is 0 Å². The first-order valence-electron chi connectivity index (χ1n) is 6.76. The number of carbonyl (C=O) groups is 1. The molecule has 1 rings (SSSR count). The highest BCUT2D eigenvalue weighted by molar-refractivity contribution is 7.98. The molecule has 2 N–H and O–H groups in total. The van der Waals surface area contributed by atoms with Gasteiger partial charge in [0.15, 0.2) is 0 Å². The molecular weight excluding hydrogens is 248 g/mol. The minimum absolute atomic E-state index is 0.0578. The van der Waals surface area contributed by atoms with Crippen molar-refractivity contribution in [2.75, 3.05) is 19.1 Å². The van der Waals surface area contributed by atoms with E-state index in [-0.39, 0.29) is 24.2 Å². The van der Waals surface area contributed by atoms with E-state index >= 15 is 0 Å². The van der Waals surface area contributed by atoms with Crippen molar-refractivity contribution in [2.24, 2.45) is 0 Å². The number of hydrogen-bond acceptors (Lipinski definition) is 3. The van der Waals surface area contributed by atoms with E-state index < -0.39 is 0 Å². The van der Waals surface area contributed by atoms with Crippen LogP contribution in [0.1, 0.15) is 39.0 Å². The molecule has 0 aromatic rings. The minimum atomic E-state index is -0.0578. The summed E-state index contributed by atoms with van der Waals surface area (Å²) < 4.78 is 5.43. The first-order chi connectivity index (χ1) is 8.67. The third-order valence-electron chi connectivity index (χ3n) is 3.45. The molecule has 0 saturated heterocycles. The van der Waals surface area contributed by atoms with Crippen LogP contribution in [-0.2, 0) is 4.74 Å². The van der Waals surface area contributed by atoms with Gasteiger partial charge in [0.05, 0.1) is 12.1 Å². The van der Waals surface area contributed by atoms with Crippen LogP contribution in [0.2, 0.25) is 0 Å². The summed E-state index contributed by atoms with van der Waals surface area (Å²) in [5.74, 6) is 1.07. The number of carbonyl (C=O) groups excluding carboxylic acids is 1. The fourth-order valence-corrected chi connectivity index (χ4v) is 2.93. The largest absolute Gasteiger partial charge is 0.379 e. The smallest absolute Gasteiger partial charge is 0.315 e. The van der Waals surface area contributed by atoms with Gasteiger partial charge in [-0.3, -0.25) is 0 Å². The number of thioether (sulfide) groups is 1. The van der Waals surface area contributed by atoms with Crippen molar-refractivity contribution in [3.8, 4) is 0 Å². The molecule has 3 unspecified atom stereocenters. The second-order valence-corrected chi connectivity index (χ2v) is 5.95. The van der Waals surface area contributed by atoms with E-state index in [4.69, 9.17) is 4.74 Å². The lowest BCUT2D eigenvalue weighted by molar-refractivity contribution is 0.0451. The molecule has 3 atom stereocenters. The number of urea groups is 1. The predicted octanol–water partition coefficient (Wildman–Crippen LogP) is 2.38. The highest BCUT2D eigenvalue weighted by Crippen LogP contribution is 2.20. The fourth-order valence-electron chi connectivity index (χ4n) is 2.34. The van der Waals surface area contributed by atoms with E-state index in [1.54, 1.807) is 18.9 Å². The maximum absolute atomic E-state index is 11.9. The van der Waals surface area contributed by atoms with Gasteiger partial charge in [0, 0.05) is 13.2 Å². The highest BCUT2D eigenvalue weighted by atomic mass is 32.2. The van der Waals surface area contributed by atoms with Crippen molar-refractivity contribution >= 4 is 17.8 Å². The average Bonchev–Trinajstić information content (AvgIpc) is 2.36. The Hall–Kier alpha value is -0.420. The Balaban J connectivity index is 2.29. The third-order valence-corrected chi connectivity index (χ3v) is 4.10. The Morgan fingerprint density at radius 3 is 2.83 bits per heavy atom. The number of methoxy groups -OCH3 is 1. The molecule has 5 heteroatoms. The lowest BCUT2D eigenvalue weighted by Crippen LogP contribution is -2.51. The lowest BCUT2D eigenvalue weighted by Gasteiger charge is -2.31. The minimum Gasteiger partial charge on any atom is -0.379 e. The molecule has 0 aromatic heterocycles. The summed E-state index contributed by atoms with van der Waals surface area (Å²) in [7, 11) is 1.73. The van der Waals surface area contributed by atoms with Gasteiger partial charge in [-0.2, -0.15) is 11.8 Å². The normalized spacial score (nSPS) is 25.5. The van der Waals surface area contributed by atoms with E-state index in [0.717, 1.165) is 25.0 Å². The van der Waals surface area contributed by atoms with Gasteiger partial charge in [-0.05, 0) is 38.2 Å². The monoisotopic (exact) mass is 274 g/mol. The van der Waals surface area contributed by atoms with Gasteiger partial charge >= 0.3 is 6.03 Å². The van der Waals surface area contributed by atoms with Gasteiger partial charge in [0.2, 0.25) is 0 Å². The van der Waals surface area contributed by atoms with Crippen LogP contribution < -0.4 is 10.6 Å². The molecule has 1 aliphatic rings. The van der Waals surface area contributed by atoms with Crippen molar-refractivity contribution in [3.05, 3.63) is 0 Å². The SMILES string of the molecule is COC1CCCCC1NC(=O)NC(C)CCSC. The number of amides is 2. The van der Waals surface area contributed by atoms with Crippen LogP contribution in [0.4, 0.5) is 4.79 Å². The standard InChI is InChI=1S/C13H26N2O2S/c1-10(8-9-18-3)14-13(16)15-11-6-4-5-7-12(11)17-2/h10-12H,4-9H2,1-3H3,(H2,14,15,16). The second-order valence-electron chi connectivity index (χ2n) is 4.97. The van der Waals surface area contributed by atoms with Crippen molar-refractivity contribution in [2.45, 2.75) is 57.2 Å². The molecule has 0 aliphatic heterocycles. The van der Waals surface area contributed by atoms with Crippen LogP contribution in [0, 0.1) is 0 Å². The van der Waals surface area contributed by atoms with Gasteiger partial charge in [-0.1, -0.05) is 12.8 Å². The summed E-state index contributed by atoms with van der Waals surface area (Å²) in [5.41, 5.74) is 0. The van der Waals surface area contributed by atoms with Gasteiger partial charge in [-0.15, -0.1) is 0 Å². The van der Waals surface area contributed by atoms with Crippen LogP contribution in [0.25, 0.3) is 0 Å². The molecule has 4 nitrogen and oxygen atoms in total. The first-order valence-corrected chi connectivity index (χ1v) is 8.15. The Bertz CT molecular complexity index is 251. The van der Waals surface area contributed by atoms with Crippen molar-refractivity contribution in [1.29, 1.82) is 0 Å². The number of ether oxygens (including phenoxy) is 1.